The van der Waals surface area contributed by atoms with Crippen molar-refractivity contribution in [1.82, 2.24) is 4.98 Å². The van der Waals surface area contributed by atoms with Gasteiger partial charge >= 0.3 is 21.6 Å². The van der Waals surface area contributed by atoms with Crippen molar-refractivity contribution in [3.8, 4) is 0 Å². The van der Waals surface area contributed by atoms with Gasteiger partial charge in [0, 0.05) is 0 Å². The molecule has 1 heterocycles. The highest BCUT2D eigenvalue weighted by atomic mass is 32.3. The van der Waals surface area contributed by atoms with Gasteiger partial charge in [0.1, 0.15) is 6.26 Å². The Bertz CT molecular complexity index is 405. The second kappa shape index (κ2) is 2.69. The van der Waals surface area contributed by atoms with Gasteiger partial charge in [0.15, 0.2) is 5.69 Å². The lowest BCUT2D eigenvalue weighted by molar-refractivity contribution is -0.141. The average Bonchev–Trinajstić information content (AvgIpc) is 2.28. The van der Waals surface area contributed by atoms with E-state index in [1.54, 1.807) is 0 Å². The first kappa shape index (κ1) is 9.96. The maximum absolute atomic E-state index is 12.0. The molecule has 13 heavy (non-hydrogen) atoms. The summed E-state index contributed by atoms with van der Waals surface area (Å²) in [6.45, 7) is 0. The predicted octanol–water partition coefficient (Wildman–Crippen LogP) is 1.35. The Morgan fingerprint density at radius 2 is 1.92 bits per heavy atom. The van der Waals surface area contributed by atoms with Gasteiger partial charge in [0.2, 0.25) is 0 Å². The number of aromatic nitrogens is 1. The fourth-order valence-electron chi connectivity index (χ4n) is 0.499. The second-order valence-electron chi connectivity index (χ2n) is 1.93. The summed E-state index contributed by atoms with van der Waals surface area (Å²) in [7, 11) is -5.32. The van der Waals surface area contributed by atoms with E-state index in [1.807, 2.05) is 0 Å². The molecule has 0 fully saturated rings. The van der Waals surface area contributed by atoms with Gasteiger partial charge in [0.05, 0.1) is 0 Å². The van der Waals surface area contributed by atoms with E-state index in [4.69, 9.17) is 0 Å². The zero-order valence-corrected chi connectivity index (χ0v) is 6.49. The van der Waals surface area contributed by atoms with Crippen LogP contribution in [0.25, 0.3) is 0 Å². The first-order chi connectivity index (χ1) is 5.71. The number of hydrogen-bond acceptors (Lipinski definition) is 4. The maximum atomic E-state index is 12.0. The molecule has 0 aliphatic rings. The lowest BCUT2D eigenvalue weighted by atomic mass is 10.5. The molecule has 0 radical (unpaired) electrons. The molecule has 0 saturated heterocycles. The molecule has 0 aromatic carbocycles. The Hall–Kier alpha value is -1.12. The molecule has 0 amide bonds. The van der Waals surface area contributed by atoms with E-state index in [2.05, 4.69) is 9.40 Å². The molecule has 1 aromatic rings. The number of oxazole rings is 1. The molecule has 0 saturated carbocycles. The van der Waals surface area contributed by atoms with E-state index in [9.17, 15) is 25.5 Å². The van der Waals surface area contributed by atoms with Crippen LogP contribution >= 0.6 is 0 Å². The summed E-state index contributed by atoms with van der Waals surface area (Å²) in [4.78, 5) is 2.40. The van der Waals surface area contributed by atoms with E-state index >= 15 is 0 Å². The van der Waals surface area contributed by atoms with Gasteiger partial charge in [-0.1, -0.05) is 3.89 Å². The van der Waals surface area contributed by atoms with Gasteiger partial charge in [-0.2, -0.15) is 26.6 Å². The van der Waals surface area contributed by atoms with Crippen molar-refractivity contribution in [1.29, 1.82) is 0 Å². The Labute approximate surface area is 69.4 Å². The average molecular weight is 219 g/mol. The van der Waals surface area contributed by atoms with Crippen LogP contribution in [-0.2, 0) is 16.4 Å². The van der Waals surface area contributed by atoms with Crippen molar-refractivity contribution in [3.63, 3.8) is 0 Å². The number of rotatable bonds is 1. The van der Waals surface area contributed by atoms with Gasteiger partial charge in [-0.3, -0.25) is 0 Å². The van der Waals surface area contributed by atoms with Gasteiger partial charge in [-0.05, 0) is 0 Å². The van der Waals surface area contributed by atoms with Crippen molar-refractivity contribution in [2.24, 2.45) is 0 Å². The summed E-state index contributed by atoms with van der Waals surface area (Å²) in [6, 6.07) is 0. The van der Waals surface area contributed by atoms with E-state index in [0.717, 1.165) is 0 Å². The molecule has 4 nitrogen and oxygen atoms in total. The van der Waals surface area contributed by atoms with Crippen LogP contribution in [0.1, 0.15) is 5.69 Å². The van der Waals surface area contributed by atoms with E-state index in [1.165, 1.54) is 0 Å². The standard InChI is InChI=1S/C4HF4NO3S/c5-4(6,7)2-1-12-3(9-2)13(8,10)11/h1H. The zero-order chi connectivity index (χ0) is 10.3. The molecule has 0 unspecified atom stereocenters. The lowest BCUT2D eigenvalue weighted by Gasteiger charge is -1.97. The summed E-state index contributed by atoms with van der Waals surface area (Å²) >= 11 is 0. The van der Waals surface area contributed by atoms with E-state index in [0.29, 0.717) is 0 Å². The van der Waals surface area contributed by atoms with Gasteiger partial charge in [0.25, 0.3) is 0 Å². The van der Waals surface area contributed by atoms with Gasteiger partial charge in [-0.15, -0.1) is 0 Å². The van der Waals surface area contributed by atoms with Crippen LogP contribution in [0.5, 0.6) is 0 Å². The van der Waals surface area contributed by atoms with Crippen LogP contribution in [0.15, 0.2) is 15.9 Å². The monoisotopic (exact) mass is 219 g/mol. The highest BCUT2D eigenvalue weighted by Crippen LogP contribution is 2.29. The third kappa shape index (κ3) is 2.17. The van der Waals surface area contributed by atoms with E-state index < -0.39 is 27.3 Å². The smallest absolute Gasteiger partial charge is 0.434 e. The normalized spacial score (nSPS) is 13.2. The number of nitrogens with zero attached hydrogens (tertiary/aromatic N) is 1. The summed E-state index contributed by atoms with van der Waals surface area (Å²) in [5.41, 5.74) is -1.59. The number of alkyl halides is 3. The third-order valence-electron chi connectivity index (χ3n) is 0.982. The predicted molar refractivity (Wildman–Crippen MR) is 29.8 cm³/mol. The minimum Gasteiger partial charge on any atom is -0.434 e. The minimum atomic E-state index is -5.32. The molecule has 1 aromatic heterocycles. The van der Waals surface area contributed by atoms with Crippen molar-refractivity contribution < 1.29 is 29.9 Å². The summed E-state index contributed by atoms with van der Waals surface area (Å²) in [5, 5.41) is -1.60. The molecule has 0 N–H and O–H groups in total. The van der Waals surface area contributed by atoms with Crippen molar-refractivity contribution in [3.05, 3.63) is 12.0 Å². The molecule has 0 aliphatic carbocycles. The van der Waals surface area contributed by atoms with Crippen LogP contribution in [0.3, 0.4) is 0 Å². The van der Waals surface area contributed by atoms with Crippen LogP contribution in [0, 0.1) is 0 Å². The van der Waals surface area contributed by atoms with Crippen LogP contribution in [-0.4, -0.2) is 13.4 Å². The first-order valence-corrected chi connectivity index (χ1v) is 4.07. The van der Waals surface area contributed by atoms with Gasteiger partial charge in [-0.25, -0.2) is 0 Å². The molecular weight excluding hydrogens is 218 g/mol. The fraction of sp³-hybridized carbons (Fsp3) is 0.250. The van der Waals surface area contributed by atoms with E-state index in [-0.39, 0.29) is 6.26 Å². The lowest BCUT2D eigenvalue weighted by Crippen LogP contribution is -2.05. The fourth-order valence-corrected chi connectivity index (χ4v) is 0.870. The Morgan fingerprint density at radius 1 is 1.38 bits per heavy atom. The van der Waals surface area contributed by atoms with Crippen LogP contribution in [0.2, 0.25) is 0 Å². The summed E-state index contributed by atoms with van der Waals surface area (Å²) in [6.07, 6.45) is -4.83. The van der Waals surface area contributed by atoms with Crippen LogP contribution in [0.4, 0.5) is 17.1 Å². The van der Waals surface area contributed by atoms with Crippen molar-refractivity contribution >= 4 is 10.2 Å². The van der Waals surface area contributed by atoms with Crippen molar-refractivity contribution in [2.45, 2.75) is 11.4 Å². The second-order valence-corrected chi connectivity index (χ2v) is 3.16. The SMILES string of the molecule is O=S(=O)(F)c1nc(C(F)(F)F)co1. The maximum Gasteiger partial charge on any atom is 0.436 e. The summed E-state index contributed by atoms with van der Waals surface area (Å²) in [5.74, 6) is 0. The zero-order valence-electron chi connectivity index (χ0n) is 5.67. The highest BCUT2D eigenvalue weighted by Gasteiger charge is 2.36. The number of halogens is 4. The topological polar surface area (TPSA) is 60.2 Å². The molecule has 0 spiro atoms. The highest BCUT2D eigenvalue weighted by molar-refractivity contribution is 7.86. The molecule has 9 heteroatoms. The Morgan fingerprint density at radius 3 is 2.15 bits per heavy atom. The first-order valence-electron chi connectivity index (χ1n) is 2.68. The molecule has 1 rings (SSSR count). The number of hydrogen-bond donors (Lipinski definition) is 0. The minimum absolute atomic E-state index is 0.0203. The summed E-state index contributed by atoms with van der Waals surface area (Å²) < 4.78 is 70.9. The third-order valence-corrected chi connectivity index (χ3v) is 1.59. The molecule has 0 atom stereocenters. The molecular formula is C4HF4NO3S. The quantitative estimate of drug-likeness (QED) is 0.528. The molecule has 74 valence electrons. The largest absolute Gasteiger partial charge is 0.436 e. The Kier molecular flexibility index (Phi) is 2.06. The van der Waals surface area contributed by atoms with Gasteiger partial charge < -0.3 is 4.42 Å². The Balaban J connectivity index is 3.16. The molecule has 0 bridgehead atoms. The van der Waals surface area contributed by atoms with Crippen LogP contribution < -0.4 is 0 Å². The molecule has 0 aliphatic heterocycles. The van der Waals surface area contributed by atoms with Crippen molar-refractivity contribution in [2.75, 3.05) is 0 Å².